The number of hydrogen-bond acceptors (Lipinski definition) is 2. The van der Waals surface area contributed by atoms with E-state index in [-0.39, 0.29) is 0 Å². The van der Waals surface area contributed by atoms with Gasteiger partial charge in [-0.25, -0.2) is 4.39 Å². The van der Waals surface area contributed by atoms with Gasteiger partial charge in [-0.3, -0.25) is 9.48 Å². The number of halogens is 1. The van der Waals surface area contributed by atoms with Crippen molar-refractivity contribution in [1.29, 1.82) is 0 Å². The minimum absolute atomic E-state index is 0.498. The fraction of sp³-hybridized carbons (Fsp3) is 0.500. The number of carbonyl (C=O) groups is 1. The molecule has 0 atom stereocenters. The van der Waals surface area contributed by atoms with Crippen LogP contribution in [0.5, 0.6) is 0 Å². The summed E-state index contributed by atoms with van der Waals surface area (Å²) in [5, 5.41) is 6.24. The Kier molecular flexibility index (Phi) is 2.36. The highest BCUT2D eigenvalue weighted by Gasteiger charge is 2.26. The summed E-state index contributed by atoms with van der Waals surface area (Å²) in [6.07, 6.45) is 3.06. The normalized spacial score (nSPS) is 11.4. The van der Waals surface area contributed by atoms with Gasteiger partial charge in [-0.05, 0) is 13.8 Å². The zero-order chi connectivity index (χ0) is 10.1. The SMILES string of the molecule is Cn1cc(NC(=O)C(C)(C)F)cn1. The molecule has 0 aliphatic heterocycles. The fourth-order valence-corrected chi connectivity index (χ4v) is 0.765. The molecule has 0 aromatic carbocycles. The van der Waals surface area contributed by atoms with Gasteiger partial charge in [0.05, 0.1) is 11.9 Å². The lowest BCUT2D eigenvalue weighted by Crippen LogP contribution is -2.32. The van der Waals surface area contributed by atoms with E-state index in [4.69, 9.17) is 0 Å². The number of amides is 1. The third-order valence-electron chi connectivity index (χ3n) is 1.50. The summed E-state index contributed by atoms with van der Waals surface area (Å²) in [6.45, 7) is 2.41. The lowest BCUT2D eigenvalue weighted by Gasteiger charge is -2.12. The first-order valence-corrected chi connectivity index (χ1v) is 3.88. The molecule has 0 saturated heterocycles. The van der Waals surface area contributed by atoms with Gasteiger partial charge in [0.1, 0.15) is 0 Å². The number of anilines is 1. The summed E-state index contributed by atoms with van der Waals surface area (Å²) in [5.74, 6) is -0.666. The summed E-state index contributed by atoms with van der Waals surface area (Å²) in [4.78, 5) is 11.1. The van der Waals surface area contributed by atoms with Crippen LogP contribution in [0.1, 0.15) is 13.8 Å². The highest BCUT2D eigenvalue weighted by atomic mass is 19.1. The highest BCUT2D eigenvalue weighted by Crippen LogP contribution is 2.12. The Morgan fingerprint density at radius 3 is 2.69 bits per heavy atom. The lowest BCUT2D eigenvalue weighted by molar-refractivity contribution is -0.125. The Balaban J connectivity index is 2.65. The lowest BCUT2D eigenvalue weighted by atomic mass is 10.1. The van der Waals surface area contributed by atoms with Gasteiger partial charge in [0.2, 0.25) is 0 Å². The van der Waals surface area contributed by atoms with Crippen molar-refractivity contribution in [3.05, 3.63) is 12.4 Å². The van der Waals surface area contributed by atoms with E-state index in [0.717, 1.165) is 0 Å². The number of alkyl halides is 1. The van der Waals surface area contributed by atoms with E-state index >= 15 is 0 Å². The van der Waals surface area contributed by atoms with Crippen LogP contribution >= 0.6 is 0 Å². The minimum atomic E-state index is -1.87. The van der Waals surface area contributed by atoms with Crippen LogP contribution < -0.4 is 5.32 Å². The van der Waals surface area contributed by atoms with Gasteiger partial charge in [0.25, 0.3) is 5.91 Å². The minimum Gasteiger partial charge on any atom is -0.321 e. The molecule has 1 amide bonds. The molecule has 13 heavy (non-hydrogen) atoms. The summed E-state index contributed by atoms with van der Waals surface area (Å²) < 4.78 is 14.6. The van der Waals surface area contributed by atoms with E-state index in [0.29, 0.717) is 5.69 Å². The van der Waals surface area contributed by atoms with Crippen LogP contribution in [-0.4, -0.2) is 21.4 Å². The molecule has 0 saturated carbocycles. The molecule has 1 heterocycles. The number of carbonyl (C=O) groups excluding carboxylic acids is 1. The van der Waals surface area contributed by atoms with Gasteiger partial charge in [-0.2, -0.15) is 5.10 Å². The molecule has 1 rings (SSSR count). The van der Waals surface area contributed by atoms with E-state index in [1.165, 1.54) is 24.7 Å². The van der Waals surface area contributed by atoms with Gasteiger partial charge in [0, 0.05) is 13.2 Å². The molecular weight excluding hydrogens is 173 g/mol. The van der Waals surface area contributed by atoms with Crippen LogP contribution in [0.3, 0.4) is 0 Å². The zero-order valence-corrected chi connectivity index (χ0v) is 7.84. The second kappa shape index (κ2) is 3.16. The van der Waals surface area contributed by atoms with Crippen LogP contribution in [0.25, 0.3) is 0 Å². The molecule has 0 bridgehead atoms. The molecule has 5 heteroatoms. The van der Waals surface area contributed by atoms with Crippen molar-refractivity contribution < 1.29 is 9.18 Å². The Morgan fingerprint density at radius 2 is 2.31 bits per heavy atom. The van der Waals surface area contributed by atoms with Crippen molar-refractivity contribution >= 4 is 11.6 Å². The summed E-state index contributed by atoms with van der Waals surface area (Å²) in [7, 11) is 1.72. The monoisotopic (exact) mass is 185 g/mol. The first-order chi connectivity index (χ1) is 5.89. The van der Waals surface area contributed by atoms with Crippen LogP contribution in [-0.2, 0) is 11.8 Å². The van der Waals surface area contributed by atoms with E-state index in [9.17, 15) is 9.18 Å². The van der Waals surface area contributed by atoms with Crippen molar-refractivity contribution in [3.63, 3.8) is 0 Å². The van der Waals surface area contributed by atoms with Crippen molar-refractivity contribution in [3.8, 4) is 0 Å². The Morgan fingerprint density at radius 1 is 1.69 bits per heavy atom. The average molecular weight is 185 g/mol. The smallest absolute Gasteiger partial charge is 0.261 e. The topological polar surface area (TPSA) is 46.9 Å². The molecule has 1 N–H and O–H groups in total. The molecule has 0 aliphatic rings. The molecule has 1 aromatic rings. The molecule has 72 valence electrons. The van der Waals surface area contributed by atoms with Crippen LogP contribution in [0.4, 0.5) is 10.1 Å². The third kappa shape index (κ3) is 2.54. The second-order valence-corrected chi connectivity index (χ2v) is 3.33. The first-order valence-electron chi connectivity index (χ1n) is 3.88. The number of nitrogens with zero attached hydrogens (tertiary/aromatic N) is 2. The molecule has 0 aliphatic carbocycles. The maximum absolute atomic E-state index is 13.0. The maximum atomic E-state index is 13.0. The van der Waals surface area contributed by atoms with Gasteiger partial charge >= 0.3 is 0 Å². The van der Waals surface area contributed by atoms with Crippen molar-refractivity contribution in [2.75, 3.05) is 5.32 Å². The van der Waals surface area contributed by atoms with Crippen molar-refractivity contribution in [1.82, 2.24) is 9.78 Å². The summed E-state index contributed by atoms with van der Waals surface area (Å²) >= 11 is 0. The highest BCUT2D eigenvalue weighted by molar-refractivity contribution is 5.96. The second-order valence-electron chi connectivity index (χ2n) is 3.33. The molecule has 0 unspecified atom stereocenters. The molecule has 0 fully saturated rings. The summed E-state index contributed by atoms with van der Waals surface area (Å²) in [6, 6.07) is 0. The Labute approximate surface area is 75.7 Å². The quantitative estimate of drug-likeness (QED) is 0.750. The fourth-order valence-electron chi connectivity index (χ4n) is 0.765. The zero-order valence-electron chi connectivity index (χ0n) is 7.84. The molecule has 0 spiro atoms. The first kappa shape index (κ1) is 9.70. The van der Waals surface area contributed by atoms with E-state index in [2.05, 4.69) is 10.4 Å². The van der Waals surface area contributed by atoms with Crippen LogP contribution in [0.15, 0.2) is 12.4 Å². The number of rotatable bonds is 2. The van der Waals surface area contributed by atoms with Crippen molar-refractivity contribution in [2.24, 2.45) is 7.05 Å². The van der Waals surface area contributed by atoms with E-state index in [1.807, 2.05) is 0 Å². The molecular formula is C8H12FN3O. The third-order valence-corrected chi connectivity index (χ3v) is 1.50. The predicted octanol–water partition coefficient (Wildman–Crippen LogP) is 1.11. The van der Waals surface area contributed by atoms with Crippen LogP contribution in [0, 0.1) is 0 Å². The van der Waals surface area contributed by atoms with Gasteiger partial charge in [-0.1, -0.05) is 0 Å². The predicted molar refractivity (Wildman–Crippen MR) is 47.0 cm³/mol. The van der Waals surface area contributed by atoms with E-state index < -0.39 is 11.6 Å². The molecule has 0 radical (unpaired) electrons. The molecule has 1 aromatic heterocycles. The average Bonchev–Trinajstić information content (AvgIpc) is 2.33. The van der Waals surface area contributed by atoms with Gasteiger partial charge in [-0.15, -0.1) is 0 Å². The van der Waals surface area contributed by atoms with Gasteiger partial charge in [0.15, 0.2) is 5.67 Å². The van der Waals surface area contributed by atoms with Crippen molar-refractivity contribution in [2.45, 2.75) is 19.5 Å². The van der Waals surface area contributed by atoms with E-state index in [1.54, 1.807) is 13.2 Å². The number of aryl methyl sites for hydroxylation is 1. The van der Waals surface area contributed by atoms with Crippen LogP contribution in [0.2, 0.25) is 0 Å². The Hall–Kier alpha value is -1.39. The standard InChI is InChI=1S/C8H12FN3O/c1-8(2,9)7(13)11-6-4-10-12(3)5-6/h4-5H,1-3H3,(H,11,13). The number of nitrogens with one attached hydrogen (secondary N) is 1. The molecule has 4 nitrogen and oxygen atoms in total. The number of hydrogen-bond donors (Lipinski definition) is 1. The Bertz CT molecular complexity index is 313. The largest absolute Gasteiger partial charge is 0.321 e. The maximum Gasteiger partial charge on any atom is 0.261 e. The van der Waals surface area contributed by atoms with Gasteiger partial charge < -0.3 is 5.32 Å². The summed E-state index contributed by atoms with van der Waals surface area (Å²) in [5.41, 5.74) is -1.37. The number of aromatic nitrogens is 2.